The lowest BCUT2D eigenvalue weighted by Gasteiger charge is -2.53. The smallest absolute Gasteiger partial charge is 0.00844 e. The molecule has 1 spiro atoms. The molecule has 10 heavy (non-hydrogen) atoms. The van der Waals surface area contributed by atoms with Crippen molar-refractivity contribution < 1.29 is 0 Å². The van der Waals surface area contributed by atoms with Gasteiger partial charge in [-0.1, -0.05) is 18.6 Å². The van der Waals surface area contributed by atoms with E-state index in [0.717, 1.165) is 17.3 Å². The molecule has 54 valence electrons. The maximum atomic E-state index is 2.53. The molecule has 0 saturated heterocycles. The largest absolute Gasteiger partial charge is 0.0877 e. The number of rotatable bonds is 0. The third-order valence-electron chi connectivity index (χ3n) is 4.00. The molecule has 0 aromatic carbocycles. The molecule has 4 aliphatic rings. The Morgan fingerprint density at radius 2 is 2.40 bits per heavy atom. The fourth-order valence-electron chi connectivity index (χ4n) is 3.55. The number of fused-ring (bicyclic) bond motifs is 1. The Morgan fingerprint density at radius 3 is 3.20 bits per heavy atom. The Bertz CT molecular complexity index is 192. The van der Waals surface area contributed by atoms with Crippen LogP contribution in [0.5, 0.6) is 0 Å². The Hall–Kier alpha value is -0.260. The van der Waals surface area contributed by atoms with Crippen LogP contribution in [-0.2, 0) is 0 Å². The molecule has 0 heterocycles. The van der Waals surface area contributed by atoms with Crippen LogP contribution in [0.1, 0.15) is 32.1 Å². The molecule has 4 rings (SSSR count). The Morgan fingerprint density at radius 1 is 1.40 bits per heavy atom. The minimum absolute atomic E-state index is 0.753. The Labute approximate surface area is 62.3 Å². The van der Waals surface area contributed by atoms with Gasteiger partial charge in [0, 0.05) is 0 Å². The molecule has 0 N–H and O–H groups in total. The normalized spacial score (nSPS) is 56.0. The first kappa shape index (κ1) is 5.40. The van der Waals surface area contributed by atoms with E-state index in [4.69, 9.17) is 0 Å². The lowest BCUT2D eigenvalue weighted by molar-refractivity contribution is 0.0198. The van der Waals surface area contributed by atoms with Crippen LogP contribution >= 0.6 is 0 Å². The van der Waals surface area contributed by atoms with Gasteiger partial charge < -0.3 is 0 Å². The lowest BCUT2D eigenvalue weighted by Crippen LogP contribution is -2.44. The summed E-state index contributed by atoms with van der Waals surface area (Å²) in [6.45, 7) is 0. The minimum atomic E-state index is 0.753. The zero-order chi connectivity index (χ0) is 6.60. The monoisotopic (exact) mass is 134 g/mol. The van der Waals surface area contributed by atoms with E-state index in [0.29, 0.717) is 0 Å². The van der Waals surface area contributed by atoms with Crippen molar-refractivity contribution >= 4 is 0 Å². The summed E-state index contributed by atoms with van der Waals surface area (Å²) in [5, 5.41) is 0. The highest BCUT2D eigenvalue weighted by Crippen LogP contribution is 2.64. The Kier molecular flexibility index (Phi) is 0.805. The standard InChI is InChI=1S/C10H14/c1-3-8-7-10(5-1)6-2-4-9(8)10/h1,5,8-9H,2-4,6-7H2. The van der Waals surface area contributed by atoms with Crippen molar-refractivity contribution in [1.29, 1.82) is 0 Å². The Balaban J connectivity index is 2.04. The molecule has 0 heteroatoms. The molecule has 2 bridgehead atoms. The maximum Gasteiger partial charge on any atom is -0.00844 e. The van der Waals surface area contributed by atoms with E-state index in [1.807, 2.05) is 0 Å². The quantitative estimate of drug-likeness (QED) is 0.447. The molecule has 0 amide bonds. The van der Waals surface area contributed by atoms with Gasteiger partial charge in [0.2, 0.25) is 0 Å². The fourth-order valence-corrected chi connectivity index (χ4v) is 3.55. The van der Waals surface area contributed by atoms with E-state index in [-0.39, 0.29) is 0 Å². The zero-order valence-corrected chi connectivity index (χ0v) is 6.34. The zero-order valence-electron chi connectivity index (χ0n) is 6.34. The van der Waals surface area contributed by atoms with Gasteiger partial charge in [-0.2, -0.15) is 0 Å². The SMILES string of the molecule is C1=CC23CCCC2C(C1)C3. The molecular formula is C10H14. The molecule has 3 unspecified atom stereocenters. The number of allylic oxidation sites excluding steroid dienone is 2. The molecule has 0 aliphatic heterocycles. The lowest BCUT2D eigenvalue weighted by atomic mass is 9.52. The summed E-state index contributed by atoms with van der Waals surface area (Å²) in [7, 11) is 0. The average Bonchev–Trinajstić information content (AvgIpc) is 2.29. The molecule has 4 aliphatic carbocycles. The van der Waals surface area contributed by atoms with Crippen LogP contribution in [0, 0.1) is 17.3 Å². The van der Waals surface area contributed by atoms with Gasteiger partial charge in [-0.25, -0.2) is 0 Å². The van der Waals surface area contributed by atoms with Crippen LogP contribution < -0.4 is 0 Å². The van der Waals surface area contributed by atoms with Gasteiger partial charge in [0.1, 0.15) is 0 Å². The summed E-state index contributed by atoms with van der Waals surface area (Å²) in [6, 6.07) is 0. The summed E-state index contributed by atoms with van der Waals surface area (Å²) >= 11 is 0. The second-order valence-corrected chi connectivity index (χ2v) is 4.33. The van der Waals surface area contributed by atoms with Gasteiger partial charge in [-0.05, 0) is 42.9 Å². The van der Waals surface area contributed by atoms with E-state index in [1.165, 1.54) is 32.1 Å². The molecule has 3 atom stereocenters. The van der Waals surface area contributed by atoms with E-state index in [9.17, 15) is 0 Å². The summed E-state index contributed by atoms with van der Waals surface area (Å²) in [5.74, 6) is 2.23. The van der Waals surface area contributed by atoms with Crippen LogP contribution in [0.3, 0.4) is 0 Å². The molecule has 2 saturated carbocycles. The molecule has 0 radical (unpaired) electrons. The van der Waals surface area contributed by atoms with E-state index >= 15 is 0 Å². The first-order valence-corrected chi connectivity index (χ1v) is 4.58. The van der Waals surface area contributed by atoms with Crippen molar-refractivity contribution in [2.24, 2.45) is 17.3 Å². The third-order valence-corrected chi connectivity index (χ3v) is 4.00. The van der Waals surface area contributed by atoms with Crippen LogP contribution in [0.2, 0.25) is 0 Å². The molecule has 2 fully saturated rings. The molecule has 0 aromatic heterocycles. The predicted molar refractivity (Wildman–Crippen MR) is 41.6 cm³/mol. The van der Waals surface area contributed by atoms with Gasteiger partial charge in [0.05, 0.1) is 0 Å². The highest BCUT2D eigenvalue weighted by Gasteiger charge is 2.55. The number of hydrogen-bond donors (Lipinski definition) is 0. The molecule has 0 aromatic rings. The van der Waals surface area contributed by atoms with Crippen LogP contribution in [-0.4, -0.2) is 0 Å². The van der Waals surface area contributed by atoms with Crippen LogP contribution in [0.25, 0.3) is 0 Å². The van der Waals surface area contributed by atoms with Crippen molar-refractivity contribution in [1.82, 2.24) is 0 Å². The maximum absolute atomic E-state index is 2.53. The highest BCUT2D eigenvalue weighted by molar-refractivity contribution is 5.20. The average molecular weight is 134 g/mol. The second-order valence-electron chi connectivity index (χ2n) is 4.33. The van der Waals surface area contributed by atoms with E-state index in [1.54, 1.807) is 0 Å². The van der Waals surface area contributed by atoms with Crippen LogP contribution in [0.15, 0.2) is 12.2 Å². The summed E-state index contributed by atoms with van der Waals surface area (Å²) in [6.07, 6.45) is 12.4. The van der Waals surface area contributed by atoms with Crippen molar-refractivity contribution in [3.8, 4) is 0 Å². The summed E-state index contributed by atoms with van der Waals surface area (Å²) in [5.41, 5.74) is 0.753. The highest BCUT2D eigenvalue weighted by atomic mass is 14.6. The summed E-state index contributed by atoms with van der Waals surface area (Å²) < 4.78 is 0. The van der Waals surface area contributed by atoms with Gasteiger partial charge in [-0.15, -0.1) is 0 Å². The van der Waals surface area contributed by atoms with Crippen molar-refractivity contribution in [3.63, 3.8) is 0 Å². The van der Waals surface area contributed by atoms with E-state index < -0.39 is 0 Å². The fraction of sp³-hybridized carbons (Fsp3) is 0.800. The van der Waals surface area contributed by atoms with Crippen molar-refractivity contribution in [3.05, 3.63) is 12.2 Å². The number of hydrogen-bond acceptors (Lipinski definition) is 0. The van der Waals surface area contributed by atoms with E-state index in [2.05, 4.69) is 12.2 Å². The van der Waals surface area contributed by atoms with Crippen molar-refractivity contribution in [2.45, 2.75) is 32.1 Å². The topological polar surface area (TPSA) is 0 Å². The van der Waals surface area contributed by atoms with Gasteiger partial charge in [0.25, 0.3) is 0 Å². The van der Waals surface area contributed by atoms with Gasteiger partial charge in [-0.3, -0.25) is 0 Å². The minimum Gasteiger partial charge on any atom is -0.0877 e. The summed E-state index contributed by atoms with van der Waals surface area (Å²) in [4.78, 5) is 0. The van der Waals surface area contributed by atoms with Crippen molar-refractivity contribution in [2.75, 3.05) is 0 Å². The first-order valence-electron chi connectivity index (χ1n) is 4.58. The third kappa shape index (κ3) is 0.426. The van der Waals surface area contributed by atoms with Gasteiger partial charge in [0.15, 0.2) is 0 Å². The molecule has 0 nitrogen and oxygen atoms in total. The first-order chi connectivity index (χ1) is 4.91. The molecular weight excluding hydrogens is 120 g/mol. The second kappa shape index (κ2) is 1.49. The van der Waals surface area contributed by atoms with Crippen LogP contribution in [0.4, 0.5) is 0 Å². The predicted octanol–water partition coefficient (Wildman–Crippen LogP) is 2.75. The van der Waals surface area contributed by atoms with Gasteiger partial charge >= 0.3 is 0 Å².